The first kappa shape index (κ1) is 26.3. The van der Waals surface area contributed by atoms with Gasteiger partial charge in [0.15, 0.2) is 6.61 Å². The second-order valence-corrected chi connectivity index (χ2v) is 8.34. The van der Waals surface area contributed by atoms with E-state index in [0.717, 1.165) is 11.1 Å². The van der Waals surface area contributed by atoms with Crippen molar-refractivity contribution in [1.82, 2.24) is 10.2 Å². The number of carbonyl (C=O) groups is 2. The number of halogens is 1. The van der Waals surface area contributed by atoms with Gasteiger partial charge in [-0.3, -0.25) is 9.59 Å². The van der Waals surface area contributed by atoms with Gasteiger partial charge < -0.3 is 19.7 Å². The molecular weight excluding hydrogens is 464 g/mol. The highest BCUT2D eigenvalue weighted by atomic mass is 35.5. The number of nitrogens with zero attached hydrogens (tertiary/aromatic N) is 1. The van der Waals surface area contributed by atoms with Crippen molar-refractivity contribution in [3.63, 3.8) is 0 Å². The van der Waals surface area contributed by atoms with Crippen LogP contribution in [0.3, 0.4) is 0 Å². The minimum atomic E-state index is -0.828. The second-order valence-electron chi connectivity index (χ2n) is 7.90. The van der Waals surface area contributed by atoms with E-state index in [1.165, 1.54) is 0 Å². The van der Waals surface area contributed by atoms with Crippen molar-refractivity contribution in [1.29, 1.82) is 0 Å². The van der Waals surface area contributed by atoms with Crippen molar-refractivity contribution in [3.8, 4) is 5.75 Å². The summed E-state index contributed by atoms with van der Waals surface area (Å²) in [5.74, 6) is 0.0285. The molecule has 184 valence electrons. The van der Waals surface area contributed by atoms with Crippen LogP contribution in [0.1, 0.15) is 30.5 Å². The molecule has 0 spiro atoms. The molecule has 1 unspecified atom stereocenters. The smallest absolute Gasteiger partial charge is 0.261 e. The highest BCUT2D eigenvalue weighted by Gasteiger charge is 2.31. The second kappa shape index (κ2) is 14.1. The average Bonchev–Trinajstić information content (AvgIpc) is 2.89. The zero-order valence-corrected chi connectivity index (χ0v) is 20.6. The fourth-order valence-electron chi connectivity index (χ4n) is 3.59. The number of para-hydroxylation sites is 1. The average molecular weight is 495 g/mol. The summed E-state index contributed by atoms with van der Waals surface area (Å²) < 4.78 is 11.1. The van der Waals surface area contributed by atoms with Crippen LogP contribution in [0.2, 0.25) is 5.02 Å². The molecule has 0 radical (unpaired) electrons. The standard InChI is InChI=1S/C28H31ClN2O4/c1-2-34-19-9-18-30-28(33)27(23-10-5-3-6-11-23)31(20-22-14-16-24(29)17-15-22)26(32)21-35-25-12-7-4-8-13-25/h3-8,10-17,27H,2,9,18-21H2,1H3,(H,30,33). The van der Waals surface area contributed by atoms with Gasteiger partial charge in [-0.25, -0.2) is 0 Å². The quantitative estimate of drug-likeness (QED) is 0.338. The molecule has 6 nitrogen and oxygen atoms in total. The van der Waals surface area contributed by atoms with Crippen molar-refractivity contribution in [2.24, 2.45) is 0 Å². The number of nitrogens with one attached hydrogen (secondary N) is 1. The van der Waals surface area contributed by atoms with Crippen molar-refractivity contribution < 1.29 is 19.1 Å². The lowest BCUT2D eigenvalue weighted by molar-refractivity contribution is -0.143. The third-order valence-corrected chi connectivity index (χ3v) is 5.59. The number of amides is 2. The molecule has 0 saturated heterocycles. The fraction of sp³-hybridized carbons (Fsp3) is 0.286. The molecule has 1 N–H and O–H groups in total. The lowest BCUT2D eigenvalue weighted by atomic mass is 10.0. The van der Waals surface area contributed by atoms with Gasteiger partial charge in [-0.15, -0.1) is 0 Å². The van der Waals surface area contributed by atoms with Crippen LogP contribution in [-0.4, -0.2) is 43.1 Å². The SMILES string of the molecule is CCOCCCNC(=O)C(c1ccccc1)N(Cc1ccc(Cl)cc1)C(=O)COc1ccccc1. The van der Waals surface area contributed by atoms with Gasteiger partial charge in [0.1, 0.15) is 11.8 Å². The first-order valence-corrected chi connectivity index (χ1v) is 12.1. The van der Waals surface area contributed by atoms with Crippen LogP contribution in [0.25, 0.3) is 0 Å². The first-order valence-electron chi connectivity index (χ1n) is 11.7. The molecule has 0 aliphatic carbocycles. The zero-order chi connectivity index (χ0) is 24.9. The maximum absolute atomic E-state index is 13.5. The lowest BCUT2D eigenvalue weighted by Gasteiger charge is -2.31. The third-order valence-electron chi connectivity index (χ3n) is 5.34. The van der Waals surface area contributed by atoms with E-state index in [0.29, 0.717) is 37.0 Å². The minimum absolute atomic E-state index is 0.196. The predicted octanol–water partition coefficient (Wildman–Crippen LogP) is 5.03. The van der Waals surface area contributed by atoms with E-state index >= 15 is 0 Å². The number of hydrogen-bond acceptors (Lipinski definition) is 4. The Labute approximate surface area is 211 Å². The van der Waals surface area contributed by atoms with Crippen LogP contribution in [0, 0.1) is 0 Å². The molecule has 0 fully saturated rings. The Bertz CT molecular complexity index is 1050. The molecule has 0 heterocycles. The van der Waals surface area contributed by atoms with E-state index in [2.05, 4.69) is 5.32 Å². The number of hydrogen-bond donors (Lipinski definition) is 1. The van der Waals surface area contributed by atoms with Crippen molar-refractivity contribution in [3.05, 3.63) is 101 Å². The highest BCUT2D eigenvalue weighted by Crippen LogP contribution is 2.25. The van der Waals surface area contributed by atoms with E-state index < -0.39 is 6.04 Å². The summed E-state index contributed by atoms with van der Waals surface area (Å²) in [6.07, 6.45) is 0.684. The summed E-state index contributed by atoms with van der Waals surface area (Å²) in [6.45, 7) is 3.60. The monoisotopic (exact) mass is 494 g/mol. The van der Waals surface area contributed by atoms with Crippen LogP contribution in [0.4, 0.5) is 0 Å². The van der Waals surface area contributed by atoms with Crippen LogP contribution >= 0.6 is 11.6 Å². The third kappa shape index (κ3) is 8.42. The molecule has 0 aliphatic rings. The van der Waals surface area contributed by atoms with Crippen molar-refractivity contribution in [2.45, 2.75) is 25.9 Å². The molecule has 0 aromatic heterocycles. The molecule has 0 aliphatic heterocycles. The van der Waals surface area contributed by atoms with Crippen LogP contribution in [0.5, 0.6) is 5.75 Å². The molecule has 7 heteroatoms. The van der Waals surface area contributed by atoms with Gasteiger partial charge in [-0.05, 0) is 48.7 Å². The van der Waals surface area contributed by atoms with E-state index in [9.17, 15) is 9.59 Å². The Kier molecular flexibility index (Phi) is 10.6. The van der Waals surface area contributed by atoms with Gasteiger partial charge >= 0.3 is 0 Å². The van der Waals surface area contributed by atoms with Gasteiger partial charge in [0.25, 0.3) is 5.91 Å². The molecule has 3 rings (SSSR count). The van der Waals surface area contributed by atoms with Crippen LogP contribution in [0.15, 0.2) is 84.9 Å². The number of carbonyl (C=O) groups excluding carboxylic acids is 2. The first-order chi connectivity index (χ1) is 17.1. The number of ether oxygens (including phenoxy) is 2. The topological polar surface area (TPSA) is 67.9 Å². The molecule has 1 atom stereocenters. The van der Waals surface area contributed by atoms with E-state index in [4.69, 9.17) is 21.1 Å². The van der Waals surface area contributed by atoms with Gasteiger partial charge in [-0.2, -0.15) is 0 Å². The summed E-state index contributed by atoms with van der Waals surface area (Å²) >= 11 is 6.06. The van der Waals surface area contributed by atoms with Crippen molar-refractivity contribution in [2.75, 3.05) is 26.4 Å². The van der Waals surface area contributed by atoms with Gasteiger partial charge in [0.2, 0.25) is 5.91 Å². The molecule has 3 aromatic carbocycles. The van der Waals surface area contributed by atoms with Gasteiger partial charge in [0.05, 0.1) is 0 Å². The van der Waals surface area contributed by atoms with E-state index in [1.54, 1.807) is 29.2 Å². The Morgan fingerprint density at radius 1 is 0.943 bits per heavy atom. The number of rotatable bonds is 13. The summed E-state index contributed by atoms with van der Waals surface area (Å²) in [5, 5.41) is 3.57. The van der Waals surface area contributed by atoms with Crippen LogP contribution < -0.4 is 10.1 Å². The summed E-state index contributed by atoms with van der Waals surface area (Å²) in [6, 6.07) is 24.8. The molecular formula is C28H31ClN2O4. The van der Waals surface area contributed by atoms with Crippen LogP contribution in [-0.2, 0) is 20.9 Å². The predicted molar refractivity (Wildman–Crippen MR) is 137 cm³/mol. The summed E-state index contributed by atoms with van der Waals surface area (Å²) in [7, 11) is 0. The normalized spacial score (nSPS) is 11.5. The largest absolute Gasteiger partial charge is 0.484 e. The minimum Gasteiger partial charge on any atom is -0.484 e. The number of benzene rings is 3. The van der Waals surface area contributed by atoms with Gasteiger partial charge in [-0.1, -0.05) is 72.3 Å². The highest BCUT2D eigenvalue weighted by molar-refractivity contribution is 6.30. The summed E-state index contributed by atoms with van der Waals surface area (Å²) in [5.41, 5.74) is 1.57. The Morgan fingerprint density at radius 2 is 1.60 bits per heavy atom. The molecule has 35 heavy (non-hydrogen) atoms. The van der Waals surface area contributed by atoms with E-state index in [-0.39, 0.29) is 25.0 Å². The summed E-state index contributed by atoms with van der Waals surface area (Å²) in [4.78, 5) is 28.5. The van der Waals surface area contributed by atoms with E-state index in [1.807, 2.05) is 67.6 Å². The van der Waals surface area contributed by atoms with Gasteiger partial charge in [0, 0.05) is 31.3 Å². The molecule has 3 aromatic rings. The maximum atomic E-state index is 13.5. The Hall–Kier alpha value is -3.35. The lowest BCUT2D eigenvalue weighted by Crippen LogP contribution is -2.45. The molecule has 0 bridgehead atoms. The zero-order valence-electron chi connectivity index (χ0n) is 19.9. The fourth-order valence-corrected chi connectivity index (χ4v) is 3.72. The maximum Gasteiger partial charge on any atom is 0.261 e. The Morgan fingerprint density at radius 3 is 2.26 bits per heavy atom. The van der Waals surface area contributed by atoms with Crippen molar-refractivity contribution >= 4 is 23.4 Å². The molecule has 2 amide bonds. The molecule has 0 saturated carbocycles. The Balaban J connectivity index is 1.85.